The van der Waals surface area contributed by atoms with Gasteiger partial charge in [-0.15, -0.1) is 0 Å². The maximum Gasteiger partial charge on any atom is 0.261 e. The first kappa shape index (κ1) is 29.7. The number of likely N-dealkylation sites (tertiary alicyclic amines) is 1. The zero-order valence-electron chi connectivity index (χ0n) is 23.5. The maximum atomic E-state index is 14.0. The Morgan fingerprint density at radius 1 is 0.930 bits per heavy atom. The van der Waals surface area contributed by atoms with Gasteiger partial charge in [0.05, 0.1) is 0 Å². The highest BCUT2D eigenvalue weighted by atomic mass is 19.1. The van der Waals surface area contributed by atoms with Crippen LogP contribution in [-0.4, -0.2) is 52.8 Å². The standard InChI is InChI=1S/C32H30F3N5O3/c1-20-7-8-24(38-31(42)30-27(34)14-22(33)15-28(30)35)17-26(20)29(41)13-21-18-36-32(37-19-21)39-23-5-4-6-25(16-23)43-12-11-40-9-2-3-10-40/h4-8,14-19H,2-3,9-13H2,1H3,(H,38,42)(H,36,37,39). The average Bonchev–Trinajstić information content (AvgIpc) is 3.48. The number of hydrogen-bond donors (Lipinski definition) is 2. The second kappa shape index (κ2) is 13.5. The molecular weight excluding hydrogens is 559 g/mol. The molecular formula is C32H30F3N5O3. The van der Waals surface area contributed by atoms with Gasteiger partial charge in [-0.2, -0.15) is 0 Å². The third-order valence-electron chi connectivity index (χ3n) is 7.06. The van der Waals surface area contributed by atoms with Crippen LogP contribution in [0.25, 0.3) is 0 Å². The smallest absolute Gasteiger partial charge is 0.261 e. The van der Waals surface area contributed by atoms with Crippen LogP contribution in [0.3, 0.4) is 0 Å². The Bertz CT molecular complexity index is 1600. The summed E-state index contributed by atoms with van der Waals surface area (Å²) < 4.78 is 47.2. The number of anilines is 3. The molecule has 0 atom stereocenters. The number of amides is 1. The normalized spacial score (nSPS) is 13.1. The van der Waals surface area contributed by atoms with E-state index in [0.717, 1.165) is 31.1 Å². The number of halogens is 3. The first-order chi connectivity index (χ1) is 20.7. The molecule has 43 heavy (non-hydrogen) atoms. The first-order valence-electron chi connectivity index (χ1n) is 13.9. The van der Waals surface area contributed by atoms with Crippen molar-refractivity contribution in [3.05, 3.63) is 107 Å². The molecule has 3 aromatic carbocycles. The number of nitrogens with zero attached hydrogens (tertiary/aromatic N) is 3. The molecule has 5 rings (SSSR count). The van der Waals surface area contributed by atoms with Crippen molar-refractivity contribution in [3.8, 4) is 5.75 Å². The number of nitrogens with one attached hydrogen (secondary N) is 2. The van der Waals surface area contributed by atoms with E-state index in [1.807, 2.05) is 24.3 Å². The van der Waals surface area contributed by atoms with Crippen molar-refractivity contribution in [1.29, 1.82) is 0 Å². The summed E-state index contributed by atoms with van der Waals surface area (Å²) in [7, 11) is 0. The van der Waals surface area contributed by atoms with Crippen LogP contribution in [0.5, 0.6) is 5.75 Å². The molecule has 1 aromatic heterocycles. The molecule has 0 unspecified atom stereocenters. The van der Waals surface area contributed by atoms with Crippen molar-refractivity contribution < 1.29 is 27.5 Å². The van der Waals surface area contributed by atoms with E-state index >= 15 is 0 Å². The van der Waals surface area contributed by atoms with Crippen LogP contribution in [0.4, 0.5) is 30.5 Å². The summed E-state index contributed by atoms with van der Waals surface area (Å²) >= 11 is 0. The summed E-state index contributed by atoms with van der Waals surface area (Å²) in [6.07, 6.45) is 5.56. The van der Waals surface area contributed by atoms with E-state index < -0.39 is 28.9 Å². The van der Waals surface area contributed by atoms with Gasteiger partial charge in [-0.05, 0) is 68.2 Å². The zero-order chi connectivity index (χ0) is 30.3. The summed E-state index contributed by atoms with van der Waals surface area (Å²) in [4.78, 5) is 36.6. The average molecular weight is 590 g/mol. The van der Waals surface area contributed by atoms with E-state index in [1.54, 1.807) is 25.4 Å². The summed E-state index contributed by atoms with van der Waals surface area (Å²) in [6, 6.07) is 12.9. The number of carbonyl (C=O) groups is 2. The number of benzene rings is 3. The molecule has 0 radical (unpaired) electrons. The minimum absolute atomic E-state index is 0.0138. The van der Waals surface area contributed by atoms with Crippen LogP contribution in [0, 0.1) is 24.4 Å². The maximum absolute atomic E-state index is 14.0. The highest BCUT2D eigenvalue weighted by Crippen LogP contribution is 2.22. The molecule has 222 valence electrons. The predicted octanol–water partition coefficient (Wildman–Crippen LogP) is 6.10. The first-order valence-corrected chi connectivity index (χ1v) is 13.9. The van der Waals surface area contributed by atoms with Gasteiger partial charge in [-0.1, -0.05) is 12.1 Å². The van der Waals surface area contributed by atoms with Gasteiger partial charge in [0.15, 0.2) is 5.78 Å². The van der Waals surface area contributed by atoms with Crippen LogP contribution in [-0.2, 0) is 6.42 Å². The number of carbonyl (C=O) groups excluding carboxylic acids is 2. The number of ether oxygens (including phenoxy) is 1. The highest BCUT2D eigenvalue weighted by molar-refractivity contribution is 6.06. The van der Waals surface area contributed by atoms with Crippen molar-refractivity contribution in [1.82, 2.24) is 14.9 Å². The number of aryl methyl sites for hydroxylation is 1. The molecule has 4 aromatic rings. The Morgan fingerprint density at radius 2 is 1.65 bits per heavy atom. The van der Waals surface area contributed by atoms with Crippen molar-refractivity contribution in [2.45, 2.75) is 26.2 Å². The second-order valence-corrected chi connectivity index (χ2v) is 10.3. The molecule has 1 aliphatic heterocycles. The zero-order valence-corrected chi connectivity index (χ0v) is 23.5. The quantitative estimate of drug-likeness (QED) is 0.204. The molecule has 0 aliphatic carbocycles. The lowest BCUT2D eigenvalue weighted by Gasteiger charge is -2.15. The molecule has 1 saturated heterocycles. The van der Waals surface area contributed by atoms with Gasteiger partial charge in [0, 0.05) is 60.5 Å². The largest absolute Gasteiger partial charge is 0.492 e. The van der Waals surface area contributed by atoms with Gasteiger partial charge in [-0.3, -0.25) is 14.5 Å². The molecule has 0 spiro atoms. The Labute approximate surface area is 246 Å². The third-order valence-corrected chi connectivity index (χ3v) is 7.06. The number of rotatable bonds is 11. The fourth-order valence-corrected chi connectivity index (χ4v) is 4.84. The topological polar surface area (TPSA) is 96.5 Å². The number of ketones is 1. The van der Waals surface area contributed by atoms with Crippen LogP contribution >= 0.6 is 0 Å². The Kier molecular flexibility index (Phi) is 9.31. The van der Waals surface area contributed by atoms with Gasteiger partial charge in [0.2, 0.25) is 5.95 Å². The molecule has 1 fully saturated rings. The number of aromatic nitrogens is 2. The molecule has 1 amide bonds. The van der Waals surface area contributed by atoms with Crippen LogP contribution in [0.15, 0.2) is 67.0 Å². The molecule has 2 N–H and O–H groups in total. The van der Waals surface area contributed by atoms with Crippen molar-refractivity contribution in [3.63, 3.8) is 0 Å². The summed E-state index contributed by atoms with van der Waals surface area (Å²) in [5, 5.41) is 5.50. The van der Waals surface area contributed by atoms with E-state index in [1.165, 1.54) is 25.0 Å². The van der Waals surface area contributed by atoms with E-state index in [-0.39, 0.29) is 17.9 Å². The minimum atomic E-state index is -1.33. The third kappa shape index (κ3) is 7.75. The molecule has 8 nitrogen and oxygen atoms in total. The number of hydrogen-bond acceptors (Lipinski definition) is 7. The second-order valence-electron chi connectivity index (χ2n) is 10.3. The fraction of sp³-hybridized carbons (Fsp3) is 0.250. The van der Waals surface area contributed by atoms with E-state index in [9.17, 15) is 22.8 Å². The summed E-state index contributed by atoms with van der Waals surface area (Å²) in [5.74, 6) is -4.07. The van der Waals surface area contributed by atoms with Crippen LogP contribution in [0.1, 0.15) is 44.7 Å². The molecule has 0 bridgehead atoms. The predicted molar refractivity (Wildman–Crippen MR) is 156 cm³/mol. The van der Waals surface area contributed by atoms with Gasteiger partial charge in [0.1, 0.15) is 35.4 Å². The minimum Gasteiger partial charge on any atom is -0.492 e. The summed E-state index contributed by atoms with van der Waals surface area (Å²) in [6.45, 7) is 5.49. The lowest BCUT2D eigenvalue weighted by Crippen LogP contribution is -2.25. The van der Waals surface area contributed by atoms with Crippen LogP contribution < -0.4 is 15.4 Å². The van der Waals surface area contributed by atoms with Crippen molar-refractivity contribution in [2.24, 2.45) is 0 Å². The fourth-order valence-electron chi connectivity index (χ4n) is 4.84. The summed E-state index contributed by atoms with van der Waals surface area (Å²) in [5.41, 5.74) is 1.51. The Hall–Kier alpha value is -4.77. The monoisotopic (exact) mass is 589 g/mol. The SMILES string of the molecule is Cc1ccc(NC(=O)c2c(F)cc(F)cc2F)cc1C(=O)Cc1cnc(Nc2cccc(OCCN3CCCC3)c2)nc1. The van der Waals surface area contributed by atoms with Crippen molar-refractivity contribution >= 4 is 29.0 Å². The molecule has 0 saturated carbocycles. The van der Waals surface area contributed by atoms with E-state index in [2.05, 4.69) is 25.5 Å². The van der Waals surface area contributed by atoms with Gasteiger partial charge >= 0.3 is 0 Å². The molecule has 11 heteroatoms. The Morgan fingerprint density at radius 3 is 2.37 bits per heavy atom. The van der Waals surface area contributed by atoms with Gasteiger partial charge in [-0.25, -0.2) is 23.1 Å². The lowest BCUT2D eigenvalue weighted by atomic mass is 9.99. The lowest BCUT2D eigenvalue weighted by molar-refractivity contribution is 0.0988. The number of Topliss-reactive ketones (excluding diaryl/α,β-unsaturated/α-hetero) is 1. The van der Waals surface area contributed by atoms with Crippen molar-refractivity contribution in [2.75, 3.05) is 36.9 Å². The van der Waals surface area contributed by atoms with Crippen LogP contribution in [0.2, 0.25) is 0 Å². The van der Waals surface area contributed by atoms with E-state index in [4.69, 9.17) is 4.74 Å². The van der Waals surface area contributed by atoms with Gasteiger partial charge in [0.25, 0.3) is 5.91 Å². The van der Waals surface area contributed by atoms with E-state index in [0.29, 0.717) is 41.4 Å². The molecule has 1 aliphatic rings. The Balaban J connectivity index is 1.18. The molecule has 2 heterocycles. The highest BCUT2D eigenvalue weighted by Gasteiger charge is 2.20. The van der Waals surface area contributed by atoms with Gasteiger partial charge < -0.3 is 15.4 Å².